The van der Waals surface area contributed by atoms with E-state index in [1.165, 1.54) is 31.5 Å². The minimum atomic E-state index is -4.73. The van der Waals surface area contributed by atoms with E-state index in [1.54, 1.807) is 0 Å². The largest absolute Gasteiger partial charge is 0.493 e. The predicted molar refractivity (Wildman–Crippen MR) is 106 cm³/mol. The second-order valence-electron chi connectivity index (χ2n) is 8.59. The van der Waals surface area contributed by atoms with Crippen molar-refractivity contribution < 1.29 is 26.7 Å². The van der Waals surface area contributed by atoms with Crippen LogP contribution in [0.25, 0.3) is 22.3 Å². The quantitative estimate of drug-likeness (QED) is 0.378. The first-order valence-corrected chi connectivity index (χ1v) is 10.6. The lowest BCUT2D eigenvalue weighted by Gasteiger charge is -2.31. The maximum atomic E-state index is 14.5. The molecule has 0 aromatic heterocycles. The van der Waals surface area contributed by atoms with Crippen molar-refractivity contribution in [3.8, 4) is 28.0 Å². The number of aryl methyl sites for hydroxylation is 1. The molecule has 1 fully saturated rings. The topological polar surface area (TPSA) is 9.23 Å². The second kappa shape index (κ2) is 7.86. The fourth-order valence-electron chi connectivity index (χ4n) is 4.92. The van der Waals surface area contributed by atoms with Gasteiger partial charge in [0.15, 0.2) is 11.6 Å². The zero-order valence-corrected chi connectivity index (χ0v) is 17.1. The highest BCUT2D eigenvalue weighted by atomic mass is 19.4. The lowest BCUT2D eigenvalue weighted by Crippen LogP contribution is -2.22. The van der Waals surface area contributed by atoms with Gasteiger partial charge in [0.25, 0.3) is 0 Å². The van der Waals surface area contributed by atoms with E-state index in [2.05, 4.69) is 6.92 Å². The van der Waals surface area contributed by atoms with Gasteiger partial charge in [-0.05, 0) is 60.4 Å². The number of fused-ring (bicyclic) bond motifs is 4. The average molecular weight is 424 g/mol. The Bertz CT molecular complexity index is 955. The number of benzene rings is 2. The van der Waals surface area contributed by atoms with Crippen LogP contribution in [0.15, 0.2) is 18.2 Å². The smallest absolute Gasteiger partial charge is 0.420 e. The van der Waals surface area contributed by atoms with Gasteiger partial charge in [0.05, 0.1) is 6.61 Å². The van der Waals surface area contributed by atoms with Crippen LogP contribution in [0.5, 0.6) is 5.75 Å². The summed E-state index contributed by atoms with van der Waals surface area (Å²) in [4.78, 5) is 0. The molecule has 0 aliphatic heterocycles. The number of hydrogen-bond acceptors (Lipinski definition) is 1. The van der Waals surface area contributed by atoms with Crippen molar-refractivity contribution in [2.75, 3.05) is 6.61 Å². The van der Waals surface area contributed by atoms with Gasteiger partial charge in [-0.3, -0.25) is 0 Å². The molecule has 0 saturated heterocycles. The van der Waals surface area contributed by atoms with Gasteiger partial charge in [-0.25, -0.2) is 8.78 Å². The Morgan fingerprint density at radius 1 is 0.933 bits per heavy atom. The summed E-state index contributed by atoms with van der Waals surface area (Å²) < 4.78 is 75.9. The number of hydrogen-bond donors (Lipinski definition) is 0. The van der Waals surface area contributed by atoms with Gasteiger partial charge in [0.2, 0.25) is 0 Å². The molecule has 0 spiro atoms. The Kier molecular flexibility index (Phi) is 5.54. The fourth-order valence-corrected chi connectivity index (χ4v) is 4.92. The molecule has 2 aromatic rings. The van der Waals surface area contributed by atoms with Gasteiger partial charge in [0.1, 0.15) is 11.3 Å². The van der Waals surface area contributed by atoms with E-state index in [-0.39, 0.29) is 40.5 Å². The molecular formula is C24H25F5O. The Morgan fingerprint density at radius 3 is 2.23 bits per heavy atom. The molecule has 0 unspecified atom stereocenters. The van der Waals surface area contributed by atoms with Crippen LogP contribution in [0.1, 0.15) is 56.6 Å². The third-order valence-electron chi connectivity index (χ3n) is 6.52. The summed E-state index contributed by atoms with van der Waals surface area (Å²) in [5.41, 5.74) is -0.928. The van der Waals surface area contributed by atoms with Crippen LogP contribution >= 0.6 is 0 Å². The Labute approximate surface area is 173 Å². The van der Waals surface area contributed by atoms with E-state index < -0.39 is 23.4 Å². The summed E-state index contributed by atoms with van der Waals surface area (Å²) in [6.07, 6.45) is 1.65. The molecule has 2 aromatic carbocycles. The second-order valence-corrected chi connectivity index (χ2v) is 8.59. The molecule has 6 heteroatoms. The summed E-state index contributed by atoms with van der Waals surface area (Å²) >= 11 is 0. The van der Waals surface area contributed by atoms with Gasteiger partial charge < -0.3 is 4.74 Å². The number of halogens is 5. The Balaban J connectivity index is 1.60. The highest BCUT2D eigenvalue weighted by Gasteiger charge is 2.44. The van der Waals surface area contributed by atoms with Crippen LogP contribution < -0.4 is 4.74 Å². The van der Waals surface area contributed by atoms with Crippen molar-refractivity contribution in [2.45, 2.75) is 58.5 Å². The molecule has 0 radical (unpaired) electrons. The number of alkyl halides is 3. The van der Waals surface area contributed by atoms with Gasteiger partial charge in [-0.15, -0.1) is 0 Å². The summed E-state index contributed by atoms with van der Waals surface area (Å²) in [6.45, 7) is 3.76. The zero-order valence-electron chi connectivity index (χ0n) is 17.1. The first-order chi connectivity index (χ1) is 14.2. The first-order valence-electron chi connectivity index (χ1n) is 10.6. The van der Waals surface area contributed by atoms with Crippen molar-refractivity contribution >= 4 is 0 Å². The van der Waals surface area contributed by atoms with Crippen molar-refractivity contribution in [2.24, 2.45) is 11.8 Å². The molecule has 0 N–H and O–H groups in total. The normalized spacial score (nSPS) is 20.4. The average Bonchev–Trinajstić information content (AvgIpc) is 2.69. The molecule has 1 saturated carbocycles. The van der Waals surface area contributed by atoms with Crippen LogP contribution in [0.3, 0.4) is 0 Å². The van der Waals surface area contributed by atoms with Crippen LogP contribution in [0, 0.1) is 30.4 Å². The molecule has 0 atom stereocenters. The molecule has 2 aliphatic carbocycles. The minimum Gasteiger partial charge on any atom is -0.493 e. The molecular weight excluding hydrogens is 399 g/mol. The standard InChI is InChI=1S/C24H25F5O/c1-3-4-14-5-7-15(8-6-14)12-30-18-10-9-16-17-11-13(2)22(25)23(26)20(17)19(16)21(18)24(27,28)29/h9-11,14-15H,3-8,12H2,1-2H3. The first kappa shape index (κ1) is 21.1. The molecule has 0 bridgehead atoms. The highest BCUT2D eigenvalue weighted by Crippen LogP contribution is 2.57. The van der Waals surface area contributed by atoms with Crippen LogP contribution in [-0.2, 0) is 6.18 Å². The summed E-state index contributed by atoms with van der Waals surface area (Å²) in [7, 11) is 0. The lowest BCUT2D eigenvalue weighted by molar-refractivity contribution is -0.138. The van der Waals surface area contributed by atoms with Crippen LogP contribution in [0.4, 0.5) is 22.0 Å². The molecule has 30 heavy (non-hydrogen) atoms. The predicted octanol–water partition coefficient (Wildman–Crippen LogP) is 7.92. The van der Waals surface area contributed by atoms with E-state index in [0.29, 0.717) is 11.5 Å². The molecule has 4 rings (SSSR count). The molecule has 0 heterocycles. The third kappa shape index (κ3) is 3.58. The third-order valence-corrected chi connectivity index (χ3v) is 6.52. The van der Waals surface area contributed by atoms with E-state index in [0.717, 1.165) is 32.1 Å². The summed E-state index contributed by atoms with van der Waals surface area (Å²) in [5.74, 6) is -1.72. The van der Waals surface area contributed by atoms with Crippen molar-refractivity contribution in [3.05, 3.63) is 41.0 Å². The van der Waals surface area contributed by atoms with Gasteiger partial charge in [-0.1, -0.05) is 38.7 Å². The Hall–Kier alpha value is -2.11. The zero-order chi connectivity index (χ0) is 21.6. The van der Waals surface area contributed by atoms with Crippen LogP contribution in [0.2, 0.25) is 0 Å². The van der Waals surface area contributed by atoms with E-state index in [9.17, 15) is 22.0 Å². The fraction of sp³-hybridized carbons (Fsp3) is 0.500. The van der Waals surface area contributed by atoms with Gasteiger partial charge >= 0.3 is 6.18 Å². The van der Waals surface area contributed by atoms with E-state index in [4.69, 9.17) is 4.74 Å². The van der Waals surface area contributed by atoms with Crippen molar-refractivity contribution in [1.82, 2.24) is 0 Å². The number of ether oxygens (including phenoxy) is 1. The Morgan fingerprint density at radius 2 is 1.60 bits per heavy atom. The SMILES string of the molecule is CCCC1CCC(COc2ccc3c(c2C(F)(F)F)-c2c-3cc(C)c(F)c2F)CC1. The minimum absolute atomic E-state index is 0.0736. The molecule has 0 amide bonds. The molecule has 162 valence electrons. The number of rotatable bonds is 5. The maximum absolute atomic E-state index is 14.5. The summed E-state index contributed by atoms with van der Waals surface area (Å²) in [5, 5.41) is 0. The molecule has 1 nitrogen and oxygen atoms in total. The highest BCUT2D eigenvalue weighted by molar-refractivity contribution is 6.05. The maximum Gasteiger partial charge on any atom is 0.420 e. The molecule has 2 aliphatic rings. The van der Waals surface area contributed by atoms with E-state index >= 15 is 0 Å². The van der Waals surface area contributed by atoms with Crippen molar-refractivity contribution in [3.63, 3.8) is 0 Å². The van der Waals surface area contributed by atoms with Gasteiger partial charge in [-0.2, -0.15) is 13.2 Å². The van der Waals surface area contributed by atoms with E-state index in [1.807, 2.05) is 0 Å². The van der Waals surface area contributed by atoms with Crippen molar-refractivity contribution in [1.29, 1.82) is 0 Å². The monoisotopic (exact) mass is 424 g/mol. The van der Waals surface area contributed by atoms with Gasteiger partial charge in [0, 0.05) is 11.1 Å². The van der Waals surface area contributed by atoms with Crippen LogP contribution in [-0.4, -0.2) is 6.61 Å². The summed E-state index contributed by atoms with van der Waals surface area (Å²) in [6, 6.07) is 4.21. The lowest BCUT2D eigenvalue weighted by atomic mass is 9.76.